The summed E-state index contributed by atoms with van der Waals surface area (Å²) in [7, 11) is 1.55. The molecule has 2 heterocycles. The molecule has 0 aliphatic heterocycles. The third-order valence-electron chi connectivity index (χ3n) is 3.94. The van der Waals surface area contributed by atoms with E-state index in [2.05, 4.69) is 15.3 Å². The van der Waals surface area contributed by atoms with Crippen molar-refractivity contribution in [2.75, 3.05) is 25.1 Å². The predicted molar refractivity (Wildman–Crippen MR) is 97.7 cm³/mol. The Kier molecular flexibility index (Phi) is 5.37. The number of H-pyrrole nitrogens is 1. The van der Waals surface area contributed by atoms with Gasteiger partial charge in [-0.2, -0.15) is 4.98 Å². The van der Waals surface area contributed by atoms with Crippen LogP contribution in [0.1, 0.15) is 6.42 Å². The lowest BCUT2D eigenvalue weighted by molar-refractivity contribution is 0.302. The molecular weight excluding hydrogens is 338 g/mol. The summed E-state index contributed by atoms with van der Waals surface area (Å²) in [5, 5.41) is 12.0. The smallest absolute Gasteiger partial charge is 0.329 e. The van der Waals surface area contributed by atoms with Gasteiger partial charge in [-0.15, -0.1) is 0 Å². The van der Waals surface area contributed by atoms with E-state index >= 15 is 0 Å². The van der Waals surface area contributed by atoms with Crippen molar-refractivity contribution in [3.05, 3.63) is 51.2 Å². The van der Waals surface area contributed by atoms with Crippen LogP contribution in [-0.4, -0.2) is 44.0 Å². The van der Waals surface area contributed by atoms with Gasteiger partial charge < -0.3 is 19.7 Å². The third-order valence-corrected chi connectivity index (χ3v) is 3.94. The highest BCUT2D eigenvalue weighted by atomic mass is 16.5. The van der Waals surface area contributed by atoms with Crippen molar-refractivity contribution in [3.63, 3.8) is 0 Å². The number of benzene rings is 1. The summed E-state index contributed by atoms with van der Waals surface area (Å²) in [6, 6.07) is 9.47. The van der Waals surface area contributed by atoms with Crippen LogP contribution in [-0.2, 0) is 13.6 Å². The van der Waals surface area contributed by atoms with Crippen molar-refractivity contribution in [2.24, 2.45) is 7.05 Å². The van der Waals surface area contributed by atoms with E-state index in [1.807, 2.05) is 30.3 Å². The monoisotopic (exact) mass is 359 g/mol. The lowest BCUT2D eigenvalue weighted by Crippen LogP contribution is -2.29. The standard InChI is InChI=1S/C17H21N5O4/c1-21-14-13(15(24)20-17(21)25)22(16(19-14)18-8-10-23)9-5-11-26-12-6-3-2-4-7-12/h2-4,6-7,23H,5,8-11H2,1H3,(H,18,19)(H,20,24,25). The van der Waals surface area contributed by atoms with Crippen LogP contribution in [0.4, 0.5) is 5.95 Å². The van der Waals surface area contributed by atoms with Crippen molar-refractivity contribution < 1.29 is 9.84 Å². The molecule has 0 bridgehead atoms. The lowest BCUT2D eigenvalue weighted by atomic mass is 10.3. The number of rotatable bonds is 8. The van der Waals surface area contributed by atoms with Gasteiger partial charge in [-0.05, 0) is 18.6 Å². The Morgan fingerprint density at radius 3 is 2.77 bits per heavy atom. The minimum atomic E-state index is -0.520. The van der Waals surface area contributed by atoms with Crippen molar-refractivity contribution >= 4 is 17.1 Å². The summed E-state index contributed by atoms with van der Waals surface area (Å²) in [6.45, 7) is 1.15. The van der Waals surface area contributed by atoms with Crippen molar-refractivity contribution in [1.82, 2.24) is 19.1 Å². The number of imidazole rings is 1. The van der Waals surface area contributed by atoms with E-state index in [4.69, 9.17) is 9.84 Å². The number of hydrogen-bond donors (Lipinski definition) is 3. The fourth-order valence-corrected chi connectivity index (χ4v) is 2.68. The van der Waals surface area contributed by atoms with E-state index in [1.165, 1.54) is 4.57 Å². The summed E-state index contributed by atoms with van der Waals surface area (Å²) < 4.78 is 8.67. The Hall–Kier alpha value is -3.07. The molecule has 1 aromatic carbocycles. The Morgan fingerprint density at radius 1 is 1.27 bits per heavy atom. The topological polar surface area (TPSA) is 114 Å². The average molecular weight is 359 g/mol. The van der Waals surface area contributed by atoms with E-state index in [0.29, 0.717) is 36.7 Å². The predicted octanol–water partition coefficient (Wildman–Crippen LogP) is 0.297. The zero-order valence-corrected chi connectivity index (χ0v) is 14.4. The molecule has 0 spiro atoms. The quantitative estimate of drug-likeness (QED) is 0.498. The molecule has 0 saturated heterocycles. The van der Waals surface area contributed by atoms with Gasteiger partial charge in [0.2, 0.25) is 5.95 Å². The highest BCUT2D eigenvalue weighted by molar-refractivity contribution is 5.74. The number of aliphatic hydroxyl groups excluding tert-OH is 1. The zero-order chi connectivity index (χ0) is 18.5. The first-order valence-electron chi connectivity index (χ1n) is 8.34. The molecule has 0 amide bonds. The Morgan fingerprint density at radius 2 is 2.04 bits per heavy atom. The van der Waals surface area contributed by atoms with Gasteiger partial charge in [0.1, 0.15) is 5.75 Å². The van der Waals surface area contributed by atoms with Gasteiger partial charge in [0, 0.05) is 20.1 Å². The Bertz CT molecular complexity index is 990. The average Bonchev–Trinajstić information content (AvgIpc) is 3.01. The molecule has 0 saturated carbocycles. The second kappa shape index (κ2) is 7.87. The van der Waals surface area contributed by atoms with Crippen LogP contribution in [0, 0.1) is 0 Å². The van der Waals surface area contributed by atoms with Gasteiger partial charge in [-0.3, -0.25) is 14.3 Å². The molecule has 0 unspecified atom stereocenters. The summed E-state index contributed by atoms with van der Waals surface area (Å²) >= 11 is 0. The summed E-state index contributed by atoms with van der Waals surface area (Å²) in [6.07, 6.45) is 0.635. The van der Waals surface area contributed by atoms with E-state index in [1.54, 1.807) is 11.6 Å². The first kappa shape index (κ1) is 17.7. The number of aliphatic hydroxyl groups is 1. The number of aryl methyl sites for hydroxylation is 2. The molecule has 0 fully saturated rings. The van der Waals surface area contributed by atoms with Crippen LogP contribution < -0.4 is 21.3 Å². The number of para-hydroxylation sites is 1. The fraction of sp³-hybridized carbons (Fsp3) is 0.353. The number of aromatic nitrogens is 4. The lowest BCUT2D eigenvalue weighted by Gasteiger charge is -2.10. The Labute approximate surface area is 148 Å². The number of aromatic amines is 1. The maximum absolute atomic E-state index is 12.3. The minimum Gasteiger partial charge on any atom is -0.494 e. The molecule has 26 heavy (non-hydrogen) atoms. The van der Waals surface area contributed by atoms with Crippen molar-refractivity contribution in [3.8, 4) is 5.75 Å². The van der Waals surface area contributed by atoms with Crippen LogP contribution in [0.15, 0.2) is 39.9 Å². The molecule has 3 N–H and O–H groups in total. The molecule has 0 atom stereocenters. The number of hydrogen-bond acceptors (Lipinski definition) is 6. The molecular formula is C17H21N5O4. The number of anilines is 1. The van der Waals surface area contributed by atoms with Crippen molar-refractivity contribution in [1.29, 1.82) is 0 Å². The number of nitrogens with zero attached hydrogens (tertiary/aromatic N) is 3. The van der Waals surface area contributed by atoms with Crippen LogP contribution in [0.3, 0.4) is 0 Å². The molecule has 9 nitrogen and oxygen atoms in total. The molecule has 3 aromatic rings. The highest BCUT2D eigenvalue weighted by Gasteiger charge is 2.16. The van der Waals surface area contributed by atoms with E-state index < -0.39 is 11.2 Å². The summed E-state index contributed by atoms with van der Waals surface area (Å²) in [5.41, 5.74) is -0.402. The van der Waals surface area contributed by atoms with Crippen molar-refractivity contribution in [2.45, 2.75) is 13.0 Å². The largest absolute Gasteiger partial charge is 0.494 e. The summed E-state index contributed by atoms with van der Waals surface area (Å²) in [4.78, 5) is 30.7. The molecule has 0 radical (unpaired) electrons. The fourth-order valence-electron chi connectivity index (χ4n) is 2.68. The normalized spacial score (nSPS) is 11.0. The van der Waals surface area contributed by atoms with Gasteiger partial charge in [0.25, 0.3) is 5.56 Å². The number of nitrogens with one attached hydrogen (secondary N) is 2. The Balaban J connectivity index is 1.84. The van der Waals surface area contributed by atoms with Gasteiger partial charge in [0.15, 0.2) is 11.2 Å². The first-order chi connectivity index (χ1) is 12.6. The van der Waals surface area contributed by atoms with Gasteiger partial charge in [0.05, 0.1) is 13.2 Å². The van der Waals surface area contributed by atoms with E-state index in [9.17, 15) is 9.59 Å². The minimum absolute atomic E-state index is 0.0738. The first-order valence-corrected chi connectivity index (χ1v) is 8.34. The van der Waals surface area contributed by atoms with Crippen LogP contribution in [0.5, 0.6) is 5.75 Å². The molecule has 0 aliphatic carbocycles. The maximum Gasteiger partial charge on any atom is 0.329 e. The van der Waals surface area contributed by atoms with Crippen LogP contribution in [0.25, 0.3) is 11.2 Å². The second-order valence-corrected chi connectivity index (χ2v) is 5.74. The van der Waals surface area contributed by atoms with E-state index in [-0.39, 0.29) is 13.2 Å². The van der Waals surface area contributed by atoms with Crippen LogP contribution >= 0.6 is 0 Å². The molecule has 138 valence electrons. The number of ether oxygens (including phenoxy) is 1. The summed E-state index contributed by atoms with van der Waals surface area (Å²) in [5.74, 6) is 1.21. The number of fused-ring (bicyclic) bond motifs is 1. The van der Waals surface area contributed by atoms with E-state index in [0.717, 1.165) is 5.75 Å². The third kappa shape index (κ3) is 3.62. The molecule has 9 heteroatoms. The maximum atomic E-state index is 12.3. The SMILES string of the molecule is Cn1c(=O)[nH]c(=O)c2c1nc(NCCO)n2CCCOc1ccccc1. The second-order valence-electron chi connectivity index (χ2n) is 5.74. The van der Waals surface area contributed by atoms with Gasteiger partial charge in [-0.25, -0.2) is 4.79 Å². The molecule has 2 aromatic heterocycles. The molecule has 3 rings (SSSR count). The van der Waals surface area contributed by atoms with Gasteiger partial charge >= 0.3 is 5.69 Å². The zero-order valence-electron chi connectivity index (χ0n) is 14.4. The van der Waals surface area contributed by atoms with Crippen LogP contribution in [0.2, 0.25) is 0 Å². The molecule has 0 aliphatic rings. The highest BCUT2D eigenvalue weighted by Crippen LogP contribution is 2.16. The van der Waals surface area contributed by atoms with Gasteiger partial charge in [-0.1, -0.05) is 18.2 Å².